The zero-order valence-corrected chi connectivity index (χ0v) is 10.8. The number of nitrogens with one attached hydrogen (secondary N) is 1. The van der Waals surface area contributed by atoms with Gasteiger partial charge in [0.15, 0.2) is 5.69 Å². The third kappa shape index (κ3) is 3.28. The molecule has 0 unspecified atom stereocenters. The molecule has 1 aliphatic carbocycles. The van der Waals surface area contributed by atoms with E-state index < -0.39 is 36.2 Å². The molecule has 0 spiro atoms. The summed E-state index contributed by atoms with van der Waals surface area (Å²) < 4.78 is 31.4. The van der Waals surface area contributed by atoms with Gasteiger partial charge in [0, 0.05) is 6.04 Å². The van der Waals surface area contributed by atoms with Crippen molar-refractivity contribution in [1.29, 1.82) is 0 Å². The van der Waals surface area contributed by atoms with Crippen LogP contribution in [-0.2, 0) is 16.1 Å². The van der Waals surface area contributed by atoms with Crippen LogP contribution < -0.4 is 5.32 Å². The van der Waals surface area contributed by atoms with Gasteiger partial charge in [-0.05, 0) is 19.8 Å². The molecule has 9 heteroatoms. The maximum atomic E-state index is 13.0. The van der Waals surface area contributed by atoms with Gasteiger partial charge in [-0.1, -0.05) is 5.21 Å². The lowest BCUT2D eigenvalue weighted by Gasteiger charge is -2.07. The van der Waals surface area contributed by atoms with Gasteiger partial charge in [-0.15, -0.1) is 5.10 Å². The van der Waals surface area contributed by atoms with Crippen molar-refractivity contribution in [3.05, 3.63) is 11.4 Å². The fourth-order valence-corrected chi connectivity index (χ4v) is 1.64. The third-order valence-electron chi connectivity index (χ3n) is 2.68. The standard InChI is InChI=1S/C11H14F2N4O3/c1-2-20-11(19)8-9(10(12)13)17(16-15-8)5-7(18)14-6-3-4-6/h6,10H,2-5H2,1H3,(H,14,18). The number of alkyl halides is 2. The van der Waals surface area contributed by atoms with Crippen LogP contribution in [-0.4, -0.2) is 39.5 Å². The number of nitrogens with zero attached hydrogens (tertiary/aromatic N) is 3. The van der Waals surface area contributed by atoms with Crippen LogP contribution in [0.2, 0.25) is 0 Å². The minimum atomic E-state index is -2.97. The monoisotopic (exact) mass is 288 g/mol. The van der Waals surface area contributed by atoms with E-state index >= 15 is 0 Å². The van der Waals surface area contributed by atoms with Gasteiger partial charge in [0.2, 0.25) is 5.91 Å². The van der Waals surface area contributed by atoms with Crippen LogP contribution in [0.4, 0.5) is 8.78 Å². The normalized spacial score (nSPS) is 14.4. The summed E-state index contributed by atoms with van der Waals surface area (Å²) in [6.45, 7) is 1.19. The molecule has 1 saturated carbocycles. The summed E-state index contributed by atoms with van der Waals surface area (Å²) in [6.07, 6.45) is -1.20. The van der Waals surface area contributed by atoms with Gasteiger partial charge in [-0.2, -0.15) is 0 Å². The maximum absolute atomic E-state index is 13.0. The molecule has 1 fully saturated rings. The van der Waals surface area contributed by atoms with Gasteiger partial charge in [0.05, 0.1) is 6.61 Å². The molecule has 0 atom stereocenters. The molecule has 20 heavy (non-hydrogen) atoms. The summed E-state index contributed by atoms with van der Waals surface area (Å²) in [4.78, 5) is 23.1. The van der Waals surface area contributed by atoms with Crippen molar-refractivity contribution in [3.63, 3.8) is 0 Å². The van der Waals surface area contributed by atoms with E-state index in [9.17, 15) is 18.4 Å². The van der Waals surface area contributed by atoms with Gasteiger partial charge in [0.25, 0.3) is 6.43 Å². The maximum Gasteiger partial charge on any atom is 0.361 e. The van der Waals surface area contributed by atoms with Gasteiger partial charge >= 0.3 is 5.97 Å². The predicted molar refractivity (Wildman–Crippen MR) is 62.1 cm³/mol. The van der Waals surface area contributed by atoms with Gasteiger partial charge in [-0.3, -0.25) is 4.79 Å². The fraction of sp³-hybridized carbons (Fsp3) is 0.636. The minimum Gasteiger partial charge on any atom is -0.461 e. The Hall–Kier alpha value is -2.06. The van der Waals surface area contributed by atoms with E-state index in [4.69, 9.17) is 0 Å². The lowest BCUT2D eigenvalue weighted by molar-refractivity contribution is -0.122. The Balaban J connectivity index is 2.15. The van der Waals surface area contributed by atoms with Crippen LogP contribution in [0.1, 0.15) is 42.4 Å². The Kier molecular flexibility index (Phi) is 4.26. The van der Waals surface area contributed by atoms with Crippen molar-refractivity contribution in [2.24, 2.45) is 0 Å². The number of ether oxygens (including phenoxy) is 1. The number of amides is 1. The molecule has 1 amide bonds. The highest BCUT2D eigenvalue weighted by Crippen LogP contribution is 2.22. The Morgan fingerprint density at radius 2 is 2.20 bits per heavy atom. The van der Waals surface area contributed by atoms with Crippen LogP contribution in [0.3, 0.4) is 0 Å². The summed E-state index contributed by atoms with van der Waals surface area (Å²) in [5.74, 6) is -1.41. The number of aromatic nitrogens is 3. The first-order chi connectivity index (χ1) is 9.52. The minimum absolute atomic E-state index is 0.0382. The van der Waals surface area contributed by atoms with E-state index in [0.29, 0.717) is 0 Å². The zero-order chi connectivity index (χ0) is 14.7. The second-order valence-corrected chi connectivity index (χ2v) is 4.34. The summed E-state index contributed by atoms with van der Waals surface area (Å²) in [5, 5.41) is 9.46. The van der Waals surface area contributed by atoms with Crippen molar-refractivity contribution in [3.8, 4) is 0 Å². The summed E-state index contributed by atoms with van der Waals surface area (Å²) in [6, 6.07) is 0.116. The highest BCUT2D eigenvalue weighted by Gasteiger charge is 2.29. The molecule has 0 aromatic carbocycles. The van der Waals surface area contributed by atoms with E-state index in [-0.39, 0.29) is 12.6 Å². The first kappa shape index (κ1) is 14.4. The molecule has 0 radical (unpaired) electrons. The molecule has 0 aliphatic heterocycles. The van der Waals surface area contributed by atoms with E-state index in [1.165, 1.54) is 0 Å². The number of hydrogen-bond donors (Lipinski definition) is 1. The Bertz CT molecular complexity index is 514. The van der Waals surface area contributed by atoms with E-state index in [1.54, 1.807) is 6.92 Å². The van der Waals surface area contributed by atoms with Gasteiger partial charge in [-0.25, -0.2) is 18.3 Å². The Morgan fingerprint density at radius 3 is 2.75 bits per heavy atom. The molecule has 1 aromatic heterocycles. The molecule has 0 saturated heterocycles. The van der Waals surface area contributed by atoms with E-state index in [0.717, 1.165) is 17.5 Å². The summed E-state index contributed by atoms with van der Waals surface area (Å²) in [5.41, 5.74) is -1.25. The topological polar surface area (TPSA) is 86.1 Å². The second kappa shape index (κ2) is 5.93. The average Bonchev–Trinajstić information content (AvgIpc) is 3.06. The van der Waals surface area contributed by atoms with Gasteiger partial charge < -0.3 is 10.1 Å². The molecule has 1 N–H and O–H groups in total. The number of carbonyl (C=O) groups excluding carboxylic acids is 2. The number of carbonyl (C=O) groups is 2. The van der Waals surface area contributed by atoms with Crippen LogP contribution >= 0.6 is 0 Å². The van der Waals surface area contributed by atoms with Crippen LogP contribution in [0.25, 0.3) is 0 Å². The number of esters is 1. The zero-order valence-electron chi connectivity index (χ0n) is 10.8. The molecule has 0 bridgehead atoms. The van der Waals surface area contributed by atoms with E-state index in [1.807, 2.05) is 0 Å². The molecule has 1 aromatic rings. The quantitative estimate of drug-likeness (QED) is 0.778. The molecular weight excluding hydrogens is 274 g/mol. The first-order valence-corrected chi connectivity index (χ1v) is 6.21. The SMILES string of the molecule is CCOC(=O)c1nnn(CC(=O)NC2CC2)c1C(F)F. The first-order valence-electron chi connectivity index (χ1n) is 6.21. The molecule has 1 aliphatic rings. The Labute approximate surface area is 113 Å². The van der Waals surface area contributed by atoms with Crippen LogP contribution in [0, 0.1) is 0 Å². The predicted octanol–water partition coefficient (Wildman–Crippen LogP) is 0.671. The molecule has 7 nitrogen and oxygen atoms in total. The van der Waals surface area contributed by atoms with E-state index in [2.05, 4.69) is 20.4 Å². The van der Waals surface area contributed by atoms with Crippen LogP contribution in [0.15, 0.2) is 0 Å². The smallest absolute Gasteiger partial charge is 0.361 e. The number of halogens is 2. The number of rotatable bonds is 6. The Morgan fingerprint density at radius 1 is 1.50 bits per heavy atom. The highest BCUT2D eigenvalue weighted by molar-refractivity contribution is 5.88. The van der Waals surface area contributed by atoms with Crippen molar-refractivity contribution >= 4 is 11.9 Å². The molecule has 1 heterocycles. The van der Waals surface area contributed by atoms with Crippen molar-refractivity contribution in [1.82, 2.24) is 20.3 Å². The van der Waals surface area contributed by atoms with Crippen LogP contribution in [0.5, 0.6) is 0 Å². The molecule has 2 rings (SSSR count). The lowest BCUT2D eigenvalue weighted by Crippen LogP contribution is -2.30. The largest absolute Gasteiger partial charge is 0.461 e. The highest BCUT2D eigenvalue weighted by atomic mass is 19.3. The van der Waals surface area contributed by atoms with Crippen molar-refractivity contribution in [2.45, 2.75) is 38.8 Å². The van der Waals surface area contributed by atoms with Crippen molar-refractivity contribution < 1.29 is 23.1 Å². The second-order valence-electron chi connectivity index (χ2n) is 4.34. The third-order valence-corrected chi connectivity index (χ3v) is 2.68. The molecule has 110 valence electrons. The number of hydrogen-bond acceptors (Lipinski definition) is 5. The van der Waals surface area contributed by atoms with Gasteiger partial charge in [0.1, 0.15) is 12.2 Å². The van der Waals surface area contributed by atoms with Crippen molar-refractivity contribution in [2.75, 3.05) is 6.61 Å². The summed E-state index contributed by atoms with van der Waals surface area (Å²) in [7, 11) is 0. The lowest BCUT2D eigenvalue weighted by atomic mass is 10.3. The summed E-state index contributed by atoms with van der Waals surface area (Å²) >= 11 is 0. The molecular formula is C11H14F2N4O3. The average molecular weight is 288 g/mol. The fourth-order valence-electron chi connectivity index (χ4n) is 1.64.